The molecule has 4 heteroatoms. The molecule has 0 aliphatic rings. The van der Waals surface area contributed by atoms with Crippen LogP contribution in [0.3, 0.4) is 0 Å². The minimum absolute atomic E-state index is 0.200. The molecule has 0 saturated heterocycles. The molecule has 0 aliphatic heterocycles. The second-order valence-electron chi connectivity index (χ2n) is 2.97. The van der Waals surface area contributed by atoms with Gasteiger partial charge >= 0.3 is 0 Å². The topological polar surface area (TPSA) is 46.2 Å². The molecule has 1 aromatic rings. The SMILES string of the molecule is Nc1ccc(F)cc1CSCCCO. The van der Waals surface area contributed by atoms with E-state index in [2.05, 4.69) is 0 Å². The monoisotopic (exact) mass is 215 g/mol. The van der Waals surface area contributed by atoms with Crippen molar-refractivity contribution in [1.29, 1.82) is 0 Å². The zero-order valence-corrected chi connectivity index (χ0v) is 8.69. The molecule has 0 fully saturated rings. The van der Waals surface area contributed by atoms with E-state index in [1.165, 1.54) is 12.1 Å². The van der Waals surface area contributed by atoms with Gasteiger partial charge in [0.15, 0.2) is 0 Å². The van der Waals surface area contributed by atoms with Gasteiger partial charge in [-0.05, 0) is 35.9 Å². The van der Waals surface area contributed by atoms with Crippen LogP contribution in [0.25, 0.3) is 0 Å². The standard InChI is InChI=1S/C10H14FNOS/c11-9-2-3-10(12)8(6-9)7-14-5-1-4-13/h2-3,6,13H,1,4-5,7,12H2. The fraction of sp³-hybridized carbons (Fsp3) is 0.400. The van der Waals surface area contributed by atoms with Gasteiger partial charge in [0.05, 0.1) is 0 Å². The average molecular weight is 215 g/mol. The fourth-order valence-electron chi connectivity index (χ4n) is 1.05. The van der Waals surface area contributed by atoms with Crippen LogP contribution in [-0.2, 0) is 5.75 Å². The Kier molecular flexibility index (Phi) is 4.76. The lowest BCUT2D eigenvalue weighted by molar-refractivity contribution is 0.296. The Bertz CT molecular complexity index is 293. The molecule has 14 heavy (non-hydrogen) atoms. The van der Waals surface area contributed by atoms with Crippen molar-refractivity contribution in [2.24, 2.45) is 0 Å². The molecule has 0 heterocycles. The number of nitrogens with two attached hydrogens (primary N) is 1. The Labute approximate surface area is 87.3 Å². The zero-order chi connectivity index (χ0) is 10.4. The van der Waals surface area contributed by atoms with E-state index >= 15 is 0 Å². The van der Waals surface area contributed by atoms with Gasteiger partial charge in [-0.2, -0.15) is 11.8 Å². The largest absolute Gasteiger partial charge is 0.398 e. The van der Waals surface area contributed by atoms with Crippen molar-refractivity contribution < 1.29 is 9.50 Å². The maximum absolute atomic E-state index is 12.8. The lowest BCUT2D eigenvalue weighted by Crippen LogP contribution is -1.94. The smallest absolute Gasteiger partial charge is 0.123 e. The summed E-state index contributed by atoms with van der Waals surface area (Å²) < 4.78 is 12.8. The first-order chi connectivity index (χ1) is 6.74. The molecular formula is C10H14FNOS. The van der Waals surface area contributed by atoms with E-state index in [-0.39, 0.29) is 12.4 Å². The minimum Gasteiger partial charge on any atom is -0.398 e. The van der Waals surface area contributed by atoms with Crippen molar-refractivity contribution in [2.45, 2.75) is 12.2 Å². The predicted molar refractivity (Wildman–Crippen MR) is 58.7 cm³/mol. The highest BCUT2D eigenvalue weighted by molar-refractivity contribution is 7.98. The predicted octanol–water partition coefficient (Wildman–Crippen LogP) is 2.02. The number of aliphatic hydroxyl groups excluding tert-OH is 1. The molecule has 3 N–H and O–H groups in total. The van der Waals surface area contributed by atoms with E-state index in [1.807, 2.05) is 0 Å². The van der Waals surface area contributed by atoms with Crippen molar-refractivity contribution in [1.82, 2.24) is 0 Å². The Morgan fingerprint density at radius 2 is 2.21 bits per heavy atom. The molecule has 0 unspecified atom stereocenters. The zero-order valence-electron chi connectivity index (χ0n) is 7.87. The Balaban J connectivity index is 2.45. The molecule has 0 atom stereocenters. The summed E-state index contributed by atoms with van der Waals surface area (Å²) in [5.74, 6) is 1.31. The van der Waals surface area contributed by atoms with Crippen LogP contribution in [0.5, 0.6) is 0 Å². The van der Waals surface area contributed by atoms with Crippen LogP contribution in [-0.4, -0.2) is 17.5 Å². The number of hydrogen-bond acceptors (Lipinski definition) is 3. The van der Waals surface area contributed by atoms with Gasteiger partial charge in [0.2, 0.25) is 0 Å². The van der Waals surface area contributed by atoms with Gasteiger partial charge in [-0.15, -0.1) is 0 Å². The number of nitrogen functional groups attached to an aromatic ring is 1. The van der Waals surface area contributed by atoms with Gasteiger partial charge < -0.3 is 10.8 Å². The maximum atomic E-state index is 12.8. The van der Waals surface area contributed by atoms with Crippen molar-refractivity contribution in [3.05, 3.63) is 29.6 Å². The van der Waals surface area contributed by atoms with Gasteiger partial charge in [-0.25, -0.2) is 4.39 Å². The molecule has 0 saturated carbocycles. The van der Waals surface area contributed by atoms with Crippen LogP contribution in [0.15, 0.2) is 18.2 Å². The minimum atomic E-state index is -0.253. The van der Waals surface area contributed by atoms with E-state index in [4.69, 9.17) is 10.8 Å². The highest BCUT2D eigenvalue weighted by Gasteiger charge is 2.00. The first-order valence-corrected chi connectivity index (χ1v) is 5.62. The van der Waals surface area contributed by atoms with Gasteiger partial charge in [-0.1, -0.05) is 0 Å². The first-order valence-electron chi connectivity index (χ1n) is 4.46. The molecule has 1 rings (SSSR count). The summed E-state index contributed by atoms with van der Waals surface area (Å²) in [6.45, 7) is 0.200. The normalized spacial score (nSPS) is 10.4. The summed E-state index contributed by atoms with van der Waals surface area (Å²) in [4.78, 5) is 0. The third-order valence-corrected chi connectivity index (χ3v) is 2.90. The number of thioether (sulfide) groups is 1. The van der Waals surface area contributed by atoms with Crippen LogP contribution < -0.4 is 5.73 Å². The van der Waals surface area contributed by atoms with Crippen molar-refractivity contribution in [3.8, 4) is 0 Å². The number of anilines is 1. The fourth-order valence-corrected chi connectivity index (χ4v) is 2.00. The molecule has 0 spiro atoms. The lowest BCUT2D eigenvalue weighted by atomic mass is 10.2. The van der Waals surface area contributed by atoms with Crippen LogP contribution in [0.1, 0.15) is 12.0 Å². The van der Waals surface area contributed by atoms with E-state index in [1.54, 1.807) is 17.8 Å². The number of halogens is 1. The number of hydrogen-bond donors (Lipinski definition) is 2. The Morgan fingerprint density at radius 3 is 2.93 bits per heavy atom. The molecule has 0 amide bonds. The van der Waals surface area contributed by atoms with Crippen molar-refractivity contribution in [3.63, 3.8) is 0 Å². The summed E-state index contributed by atoms with van der Waals surface area (Å²) >= 11 is 1.65. The molecular weight excluding hydrogens is 201 g/mol. The molecule has 78 valence electrons. The summed E-state index contributed by atoms with van der Waals surface area (Å²) in [5.41, 5.74) is 7.13. The summed E-state index contributed by atoms with van der Waals surface area (Å²) in [6.07, 6.45) is 0.764. The highest BCUT2D eigenvalue weighted by atomic mass is 32.2. The Morgan fingerprint density at radius 1 is 1.43 bits per heavy atom. The summed E-state index contributed by atoms with van der Waals surface area (Å²) in [7, 11) is 0. The van der Waals surface area contributed by atoms with Crippen molar-refractivity contribution >= 4 is 17.4 Å². The summed E-state index contributed by atoms with van der Waals surface area (Å²) in [5, 5.41) is 8.56. The van der Waals surface area contributed by atoms with Crippen LogP contribution in [0, 0.1) is 5.82 Å². The molecule has 0 aliphatic carbocycles. The molecule has 0 bridgehead atoms. The number of benzene rings is 1. The van der Waals surface area contributed by atoms with E-state index in [0.717, 1.165) is 17.7 Å². The van der Waals surface area contributed by atoms with Crippen LogP contribution in [0.2, 0.25) is 0 Å². The lowest BCUT2D eigenvalue weighted by Gasteiger charge is -2.04. The maximum Gasteiger partial charge on any atom is 0.123 e. The third-order valence-electron chi connectivity index (χ3n) is 1.81. The second-order valence-corrected chi connectivity index (χ2v) is 4.08. The molecule has 0 aromatic heterocycles. The molecule has 0 radical (unpaired) electrons. The second kappa shape index (κ2) is 5.88. The van der Waals surface area contributed by atoms with Crippen LogP contribution in [0.4, 0.5) is 10.1 Å². The first kappa shape index (κ1) is 11.3. The quantitative estimate of drug-likeness (QED) is 0.583. The number of aliphatic hydroxyl groups is 1. The van der Waals surface area contributed by atoms with E-state index < -0.39 is 0 Å². The molecule has 1 aromatic carbocycles. The van der Waals surface area contributed by atoms with E-state index in [0.29, 0.717) is 11.4 Å². The van der Waals surface area contributed by atoms with Gasteiger partial charge in [0.25, 0.3) is 0 Å². The number of rotatable bonds is 5. The third kappa shape index (κ3) is 3.55. The summed E-state index contributed by atoms with van der Waals surface area (Å²) in [6, 6.07) is 4.40. The van der Waals surface area contributed by atoms with Gasteiger partial charge in [0.1, 0.15) is 5.82 Å². The van der Waals surface area contributed by atoms with E-state index in [9.17, 15) is 4.39 Å². The molecule has 2 nitrogen and oxygen atoms in total. The van der Waals surface area contributed by atoms with Crippen molar-refractivity contribution in [2.75, 3.05) is 18.1 Å². The van der Waals surface area contributed by atoms with Gasteiger partial charge in [0, 0.05) is 18.0 Å². The average Bonchev–Trinajstić information content (AvgIpc) is 2.18. The Hall–Kier alpha value is -0.740. The van der Waals surface area contributed by atoms with Crippen LogP contribution >= 0.6 is 11.8 Å². The van der Waals surface area contributed by atoms with Gasteiger partial charge in [-0.3, -0.25) is 0 Å². The highest BCUT2D eigenvalue weighted by Crippen LogP contribution is 2.19.